The van der Waals surface area contributed by atoms with E-state index in [9.17, 15) is 5.26 Å². The second-order valence-corrected chi connectivity index (χ2v) is 21.2. The van der Waals surface area contributed by atoms with Gasteiger partial charge in [-0.1, -0.05) is 198 Å². The van der Waals surface area contributed by atoms with Crippen molar-refractivity contribution in [3.05, 3.63) is 270 Å². The molecule has 0 aliphatic carbocycles. The lowest BCUT2D eigenvalue weighted by Gasteiger charge is -2.33. The first-order valence-corrected chi connectivity index (χ1v) is 27.0. The summed E-state index contributed by atoms with van der Waals surface area (Å²) in [6.07, 6.45) is 0. The van der Waals surface area contributed by atoms with Gasteiger partial charge < -0.3 is 9.80 Å². The molecule has 12 aromatic rings. The van der Waals surface area contributed by atoms with Crippen LogP contribution in [-0.4, -0.2) is 0 Å². The zero-order valence-corrected chi connectivity index (χ0v) is 44.9. The maximum absolute atomic E-state index is 9.70. The average molecular weight is 1000 g/mol. The van der Waals surface area contributed by atoms with Crippen molar-refractivity contribution in [3.63, 3.8) is 0 Å². The second kappa shape index (κ2) is 20.4. The van der Waals surface area contributed by atoms with Crippen LogP contribution in [0.5, 0.6) is 0 Å². The summed E-state index contributed by atoms with van der Waals surface area (Å²) >= 11 is 0. The van der Waals surface area contributed by atoms with Crippen molar-refractivity contribution in [1.82, 2.24) is 0 Å². The van der Waals surface area contributed by atoms with Gasteiger partial charge in [0.1, 0.15) is 0 Å². The fourth-order valence-electron chi connectivity index (χ4n) is 11.6. The predicted molar refractivity (Wildman–Crippen MR) is 330 cm³/mol. The Bertz CT molecular complexity index is 4010. The molecule has 0 spiro atoms. The standard InChI is InChI=1S/C74H58N4/c1-47(2)67-44-71(77(69-42-58(28-24-49(69)5)52-16-10-8-11-17-52)61-22-14-20-56(40-61)54-30-26-51(46-75)27-31-54)65-38-36-64-68(48(3)4)45-72(66-39-37-63(67)73(65)74(64)66)78(70-43-59(29-25-50(70)6)53-18-12-9-13-19-53)62-23-15-21-57(41-62)55-32-34-60(76-7)35-33-55/h8-45,47-48H,1-6H3. The first-order chi connectivity index (χ1) is 38.1. The van der Waals surface area contributed by atoms with Crippen LogP contribution in [-0.2, 0) is 0 Å². The summed E-state index contributed by atoms with van der Waals surface area (Å²) in [5, 5.41) is 17.1. The third kappa shape index (κ3) is 8.88. The van der Waals surface area contributed by atoms with Gasteiger partial charge in [-0.25, -0.2) is 4.85 Å². The average Bonchev–Trinajstić information content (AvgIpc) is 3.53. The summed E-state index contributed by atoms with van der Waals surface area (Å²) in [6, 6.07) is 85.4. The van der Waals surface area contributed by atoms with Gasteiger partial charge in [-0.3, -0.25) is 0 Å². The number of benzene rings is 12. The van der Waals surface area contributed by atoms with Crippen molar-refractivity contribution in [1.29, 1.82) is 5.26 Å². The normalized spacial score (nSPS) is 11.4. The summed E-state index contributed by atoms with van der Waals surface area (Å²) in [4.78, 5) is 8.69. The van der Waals surface area contributed by atoms with Gasteiger partial charge in [-0.2, -0.15) is 5.26 Å². The third-order valence-corrected chi connectivity index (χ3v) is 15.6. The molecule has 4 nitrogen and oxygen atoms in total. The summed E-state index contributed by atoms with van der Waals surface area (Å²) < 4.78 is 0. The molecule has 0 fully saturated rings. The summed E-state index contributed by atoms with van der Waals surface area (Å²) in [5.41, 5.74) is 21.6. The molecule has 0 aliphatic heterocycles. The fraction of sp³-hybridized carbons (Fsp3) is 0.108. The van der Waals surface area contributed by atoms with E-state index in [4.69, 9.17) is 6.57 Å². The third-order valence-electron chi connectivity index (χ3n) is 15.6. The Labute approximate surface area is 458 Å². The van der Waals surface area contributed by atoms with Crippen LogP contribution in [0.3, 0.4) is 0 Å². The SMILES string of the molecule is [C-]#[N+]c1ccc(-c2cccc(N(c3cc(-c4ccccc4)ccc3C)c3cc(C(C)C)c4ccc5c(N(c6cccc(-c7ccc(C#N)cc7)c6)c6cc(-c7ccccc7)ccc6C)cc(C(C)C)c6ccc3c4c65)c2)cc1. The van der Waals surface area contributed by atoms with Crippen molar-refractivity contribution in [2.75, 3.05) is 9.80 Å². The minimum Gasteiger partial charge on any atom is -0.310 e. The Kier molecular flexibility index (Phi) is 12.9. The number of aryl methyl sites for hydroxylation is 2. The van der Waals surface area contributed by atoms with Crippen LogP contribution in [0.15, 0.2) is 231 Å². The maximum Gasteiger partial charge on any atom is 0.187 e. The zero-order valence-electron chi connectivity index (χ0n) is 44.9. The maximum atomic E-state index is 9.70. The van der Waals surface area contributed by atoms with Gasteiger partial charge in [0.2, 0.25) is 0 Å². The van der Waals surface area contributed by atoms with Gasteiger partial charge in [0.15, 0.2) is 5.69 Å². The van der Waals surface area contributed by atoms with E-state index in [0.29, 0.717) is 11.3 Å². The molecule has 0 amide bonds. The van der Waals surface area contributed by atoms with Gasteiger partial charge in [-0.15, -0.1) is 0 Å². The van der Waals surface area contributed by atoms with E-state index in [1.165, 1.54) is 43.4 Å². The van der Waals surface area contributed by atoms with Crippen molar-refractivity contribution < 1.29 is 0 Å². The minimum atomic E-state index is 0.201. The Morgan fingerprint density at radius 3 is 1.15 bits per heavy atom. The number of nitrogens with zero attached hydrogens (tertiary/aromatic N) is 4. The monoisotopic (exact) mass is 1000 g/mol. The topological polar surface area (TPSA) is 34.6 Å². The molecule has 0 saturated carbocycles. The van der Waals surface area contributed by atoms with E-state index >= 15 is 0 Å². The lowest BCUT2D eigenvalue weighted by atomic mass is 9.84. The molecule has 0 aromatic heterocycles. The number of hydrogen-bond donors (Lipinski definition) is 0. The highest BCUT2D eigenvalue weighted by molar-refractivity contribution is 6.29. The van der Waals surface area contributed by atoms with Crippen LogP contribution >= 0.6 is 0 Å². The van der Waals surface area contributed by atoms with E-state index in [1.54, 1.807) is 0 Å². The molecule has 12 rings (SSSR count). The molecule has 0 N–H and O–H groups in total. The van der Waals surface area contributed by atoms with E-state index < -0.39 is 0 Å². The second-order valence-electron chi connectivity index (χ2n) is 21.2. The lowest BCUT2D eigenvalue weighted by Crippen LogP contribution is -2.14. The number of nitriles is 1. The highest BCUT2D eigenvalue weighted by atomic mass is 15.2. The quantitative estimate of drug-likeness (QED) is 0.0904. The van der Waals surface area contributed by atoms with E-state index in [0.717, 1.165) is 89.8 Å². The predicted octanol–water partition coefficient (Wildman–Crippen LogP) is 21.5. The van der Waals surface area contributed by atoms with Crippen LogP contribution in [0.25, 0.3) is 81.7 Å². The molecule has 374 valence electrons. The molecular weight excluding hydrogens is 945 g/mol. The zero-order chi connectivity index (χ0) is 53.6. The van der Waals surface area contributed by atoms with Crippen LogP contribution in [0.1, 0.15) is 67.3 Å². The number of anilines is 6. The first-order valence-electron chi connectivity index (χ1n) is 27.0. The fourth-order valence-corrected chi connectivity index (χ4v) is 11.6. The molecule has 0 atom stereocenters. The van der Waals surface area contributed by atoms with Crippen LogP contribution in [0, 0.1) is 31.8 Å². The van der Waals surface area contributed by atoms with Crippen molar-refractivity contribution >= 4 is 72.1 Å². The Hall–Kier alpha value is -9.74. The van der Waals surface area contributed by atoms with Crippen molar-refractivity contribution in [2.24, 2.45) is 0 Å². The van der Waals surface area contributed by atoms with Gasteiger partial charge in [0.05, 0.1) is 29.6 Å². The number of hydrogen-bond acceptors (Lipinski definition) is 3. The molecular formula is C74H58N4. The Morgan fingerprint density at radius 2 is 0.744 bits per heavy atom. The molecule has 12 aromatic carbocycles. The highest BCUT2D eigenvalue weighted by Gasteiger charge is 2.28. The van der Waals surface area contributed by atoms with Crippen LogP contribution in [0.2, 0.25) is 0 Å². The molecule has 4 heteroatoms. The molecule has 0 bridgehead atoms. The van der Waals surface area contributed by atoms with Gasteiger partial charge >= 0.3 is 0 Å². The molecule has 0 radical (unpaired) electrons. The van der Waals surface area contributed by atoms with E-state index in [-0.39, 0.29) is 11.8 Å². The summed E-state index contributed by atoms with van der Waals surface area (Å²) in [5.74, 6) is 0.403. The Morgan fingerprint density at radius 1 is 0.372 bits per heavy atom. The summed E-state index contributed by atoms with van der Waals surface area (Å²) in [6.45, 7) is 21.4. The van der Waals surface area contributed by atoms with Crippen molar-refractivity contribution in [2.45, 2.75) is 53.4 Å². The van der Waals surface area contributed by atoms with E-state index in [2.05, 4.69) is 256 Å². The van der Waals surface area contributed by atoms with Gasteiger partial charge in [-0.05, 0) is 175 Å². The van der Waals surface area contributed by atoms with Crippen LogP contribution < -0.4 is 9.80 Å². The van der Waals surface area contributed by atoms with Crippen molar-refractivity contribution in [3.8, 4) is 50.6 Å². The smallest absolute Gasteiger partial charge is 0.187 e. The van der Waals surface area contributed by atoms with Crippen LogP contribution in [0.4, 0.5) is 39.8 Å². The molecule has 0 unspecified atom stereocenters. The highest BCUT2D eigenvalue weighted by Crippen LogP contribution is 2.52. The minimum absolute atomic E-state index is 0.201. The molecule has 0 heterocycles. The molecule has 0 saturated heterocycles. The largest absolute Gasteiger partial charge is 0.310 e. The molecule has 78 heavy (non-hydrogen) atoms. The first kappa shape index (κ1) is 49.2. The molecule has 0 aliphatic rings. The van der Waals surface area contributed by atoms with Gasteiger partial charge in [0, 0.05) is 33.5 Å². The summed E-state index contributed by atoms with van der Waals surface area (Å²) in [7, 11) is 0. The van der Waals surface area contributed by atoms with Gasteiger partial charge in [0.25, 0.3) is 0 Å². The van der Waals surface area contributed by atoms with E-state index in [1.807, 2.05) is 36.4 Å². The lowest BCUT2D eigenvalue weighted by molar-refractivity contribution is 0.875. The Balaban J connectivity index is 1.17. The number of rotatable bonds is 12.